The number of fused-ring (bicyclic) bond motifs is 1. The van der Waals surface area contributed by atoms with Gasteiger partial charge in [0.2, 0.25) is 0 Å². The predicted molar refractivity (Wildman–Crippen MR) is 60.9 cm³/mol. The van der Waals surface area contributed by atoms with Crippen LogP contribution in [0.1, 0.15) is 17.3 Å². The molecule has 0 aliphatic heterocycles. The Labute approximate surface area is 88.7 Å². The molecule has 0 unspecified atom stereocenters. The first kappa shape index (κ1) is 9.77. The molecule has 0 bridgehead atoms. The maximum absolute atomic E-state index is 11.7. The number of carbonyl (C=O) groups excluding carboxylic acids is 1. The minimum Gasteiger partial charge on any atom is -0.352 e. The van der Waals surface area contributed by atoms with Crippen LogP contribution in [0.5, 0.6) is 0 Å². The molecule has 1 N–H and O–H groups in total. The lowest BCUT2D eigenvalue weighted by atomic mass is 10.1. The maximum atomic E-state index is 11.7. The molecule has 0 atom stereocenters. The number of aryl methyl sites for hydroxylation is 1. The topological polar surface area (TPSA) is 34.0 Å². The molecule has 1 heterocycles. The van der Waals surface area contributed by atoms with Gasteiger partial charge in [0.1, 0.15) is 0 Å². The molecule has 0 spiro atoms. The second-order valence-electron chi connectivity index (χ2n) is 3.52. The zero-order chi connectivity index (χ0) is 10.8. The Hall–Kier alpha value is -1.77. The third kappa shape index (κ3) is 1.61. The Morgan fingerprint density at radius 2 is 2.20 bits per heavy atom. The molecule has 0 saturated carbocycles. The number of hydrogen-bond donors (Lipinski definition) is 1. The Balaban J connectivity index is 2.56. The smallest absolute Gasteiger partial charge is 0.251 e. The first-order chi connectivity index (χ1) is 7.24. The van der Waals surface area contributed by atoms with Gasteiger partial charge in [-0.1, -0.05) is 6.07 Å². The molecule has 3 heteroatoms. The molecule has 15 heavy (non-hydrogen) atoms. The first-order valence-electron chi connectivity index (χ1n) is 5.06. The Morgan fingerprint density at radius 3 is 2.93 bits per heavy atom. The molecule has 2 aromatic rings. The van der Waals surface area contributed by atoms with Gasteiger partial charge in [-0.05, 0) is 25.1 Å². The molecule has 0 saturated heterocycles. The zero-order valence-electron chi connectivity index (χ0n) is 8.95. The van der Waals surface area contributed by atoms with Crippen molar-refractivity contribution in [1.82, 2.24) is 9.88 Å². The second-order valence-corrected chi connectivity index (χ2v) is 3.52. The van der Waals surface area contributed by atoms with E-state index in [9.17, 15) is 4.79 Å². The van der Waals surface area contributed by atoms with Crippen molar-refractivity contribution in [2.24, 2.45) is 7.05 Å². The van der Waals surface area contributed by atoms with Gasteiger partial charge in [-0.3, -0.25) is 4.79 Å². The lowest BCUT2D eigenvalue weighted by Gasteiger charge is -2.04. The molecular weight excluding hydrogens is 188 g/mol. The minimum atomic E-state index is -0.00528. The highest BCUT2D eigenvalue weighted by Gasteiger charge is 2.09. The van der Waals surface area contributed by atoms with E-state index >= 15 is 0 Å². The van der Waals surface area contributed by atoms with Crippen LogP contribution in [0.3, 0.4) is 0 Å². The average molecular weight is 202 g/mol. The quantitative estimate of drug-likeness (QED) is 0.793. The van der Waals surface area contributed by atoms with Crippen LogP contribution in [0.2, 0.25) is 0 Å². The summed E-state index contributed by atoms with van der Waals surface area (Å²) in [5.41, 5.74) is 1.83. The van der Waals surface area contributed by atoms with Crippen molar-refractivity contribution < 1.29 is 4.79 Å². The molecule has 0 aliphatic carbocycles. The summed E-state index contributed by atoms with van der Waals surface area (Å²) in [5.74, 6) is -0.00528. The van der Waals surface area contributed by atoms with Gasteiger partial charge in [0.25, 0.3) is 5.91 Å². The first-order valence-corrected chi connectivity index (χ1v) is 5.06. The highest BCUT2D eigenvalue weighted by atomic mass is 16.1. The van der Waals surface area contributed by atoms with E-state index in [2.05, 4.69) is 5.32 Å². The van der Waals surface area contributed by atoms with E-state index in [0.717, 1.165) is 16.5 Å². The summed E-state index contributed by atoms with van der Waals surface area (Å²) in [6.07, 6.45) is 1.97. The number of rotatable bonds is 2. The van der Waals surface area contributed by atoms with Crippen molar-refractivity contribution in [3.8, 4) is 0 Å². The Bertz CT molecular complexity index is 499. The number of aromatic nitrogens is 1. The fourth-order valence-corrected chi connectivity index (χ4v) is 1.76. The van der Waals surface area contributed by atoms with E-state index in [4.69, 9.17) is 0 Å². The van der Waals surface area contributed by atoms with Gasteiger partial charge in [-0.25, -0.2) is 0 Å². The van der Waals surface area contributed by atoms with Gasteiger partial charge >= 0.3 is 0 Å². The highest BCUT2D eigenvalue weighted by Crippen LogP contribution is 2.19. The van der Waals surface area contributed by atoms with Gasteiger partial charge in [-0.2, -0.15) is 0 Å². The third-order valence-electron chi connectivity index (χ3n) is 2.51. The molecule has 1 aromatic heterocycles. The summed E-state index contributed by atoms with van der Waals surface area (Å²) in [4.78, 5) is 11.7. The van der Waals surface area contributed by atoms with Gasteiger partial charge in [-0.15, -0.1) is 0 Å². The van der Waals surface area contributed by atoms with Crippen molar-refractivity contribution in [2.75, 3.05) is 6.54 Å². The minimum absolute atomic E-state index is 0.00528. The number of nitrogens with one attached hydrogen (secondary N) is 1. The predicted octanol–water partition coefficient (Wildman–Crippen LogP) is 1.93. The molecule has 1 aromatic carbocycles. The summed E-state index contributed by atoms with van der Waals surface area (Å²) >= 11 is 0. The van der Waals surface area contributed by atoms with Crippen LogP contribution >= 0.6 is 0 Å². The highest BCUT2D eigenvalue weighted by molar-refractivity contribution is 6.06. The molecular formula is C12H14N2O. The normalized spacial score (nSPS) is 10.5. The van der Waals surface area contributed by atoms with Gasteiger partial charge < -0.3 is 9.88 Å². The van der Waals surface area contributed by atoms with Crippen LogP contribution in [0.15, 0.2) is 30.5 Å². The van der Waals surface area contributed by atoms with Crippen molar-refractivity contribution in [1.29, 1.82) is 0 Å². The SMILES string of the molecule is CCNC(=O)c1cccc2c1ccn2C. The standard InChI is InChI=1S/C12H14N2O/c1-3-13-12(15)10-5-4-6-11-9(10)7-8-14(11)2/h4-8H,3H2,1-2H3,(H,13,15). The molecule has 2 rings (SSSR count). The monoisotopic (exact) mass is 202 g/mol. The van der Waals surface area contributed by atoms with Gasteiger partial charge in [0.05, 0.1) is 0 Å². The zero-order valence-corrected chi connectivity index (χ0v) is 8.95. The molecule has 0 radical (unpaired) electrons. The van der Waals surface area contributed by atoms with Gasteiger partial charge in [0.15, 0.2) is 0 Å². The van der Waals surface area contributed by atoms with Crippen molar-refractivity contribution in [3.05, 3.63) is 36.0 Å². The number of nitrogens with zero attached hydrogens (tertiary/aromatic N) is 1. The van der Waals surface area contributed by atoms with E-state index in [1.165, 1.54) is 0 Å². The maximum Gasteiger partial charge on any atom is 0.251 e. The van der Waals surface area contributed by atoms with Crippen LogP contribution in [0.25, 0.3) is 10.9 Å². The fraction of sp³-hybridized carbons (Fsp3) is 0.250. The van der Waals surface area contributed by atoms with Crippen molar-refractivity contribution in [2.45, 2.75) is 6.92 Å². The van der Waals surface area contributed by atoms with Crippen LogP contribution in [0, 0.1) is 0 Å². The average Bonchev–Trinajstić information content (AvgIpc) is 2.61. The number of benzene rings is 1. The van der Waals surface area contributed by atoms with E-state index in [1.54, 1.807) is 0 Å². The lowest BCUT2D eigenvalue weighted by molar-refractivity contribution is 0.0957. The lowest BCUT2D eigenvalue weighted by Crippen LogP contribution is -2.22. The summed E-state index contributed by atoms with van der Waals surface area (Å²) < 4.78 is 2.01. The van der Waals surface area contributed by atoms with E-state index < -0.39 is 0 Å². The van der Waals surface area contributed by atoms with Crippen LogP contribution < -0.4 is 5.32 Å². The summed E-state index contributed by atoms with van der Waals surface area (Å²) in [6.45, 7) is 2.57. The van der Waals surface area contributed by atoms with E-state index in [0.29, 0.717) is 6.54 Å². The summed E-state index contributed by atoms with van der Waals surface area (Å²) in [6, 6.07) is 7.75. The van der Waals surface area contributed by atoms with Crippen LogP contribution in [0.4, 0.5) is 0 Å². The Kier molecular flexibility index (Phi) is 2.46. The summed E-state index contributed by atoms with van der Waals surface area (Å²) in [7, 11) is 1.98. The third-order valence-corrected chi connectivity index (χ3v) is 2.51. The molecule has 0 fully saturated rings. The van der Waals surface area contributed by atoms with Crippen LogP contribution in [-0.4, -0.2) is 17.0 Å². The number of amides is 1. The molecule has 78 valence electrons. The number of hydrogen-bond acceptors (Lipinski definition) is 1. The second kappa shape index (κ2) is 3.77. The fourth-order valence-electron chi connectivity index (χ4n) is 1.76. The van der Waals surface area contributed by atoms with Crippen molar-refractivity contribution >= 4 is 16.8 Å². The van der Waals surface area contributed by atoms with Gasteiger partial charge in [0, 0.05) is 36.3 Å². The molecule has 0 aliphatic rings. The van der Waals surface area contributed by atoms with Crippen LogP contribution in [-0.2, 0) is 7.05 Å². The van der Waals surface area contributed by atoms with E-state index in [1.807, 2.05) is 49.0 Å². The summed E-state index contributed by atoms with van der Waals surface area (Å²) in [5, 5.41) is 3.82. The Morgan fingerprint density at radius 1 is 1.40 bits per heavy atom. The molecule has 3 nitrogen and oxygen atoms in total. The van der Waals surface area contributed by atoms with Crippen molar-refractivity contribution in [3.63, 3.8) is 0 Å². The van der Waals surface area contributed by atoms with E-state index in [-0.39, 0.29) is 5.91 Å². The molecule has 1 amide bonds. The largest absolute Gasteiger partial charge is 0.352 e. The number of carbonyl (C=O) groups is 1.